The highest BCUT2D eigenvalue weighted by atomic mass is 32.1. The number of carbonyl (C=O) groups is 2. The molecule has 3 aromatic rings. The Kier molecular flexibility index (Phi) is 7.42. The number of rotatable bonds is 11. The summed E-state index contributed by atoms with van der Waals surface area (Å²) in [4.78, 5) is 29.7. The maximum atomic E-state index is 13.5. The van der Waals surface area contributed by atoms with Crippen molar-refractivity contribution in [3.05, 3.63) is 58.2 Å². The quantitative estimate of drug-likeness (QED) is 0.344. The molecule has 2 amide bonds. The summed E-state index contributed by atoms with van der Waals surface area (Å²) < 4.78 is 2.21. The highest BCUT2D eigenvalue weighted by Crippen LogP contribution is 2.43. The van der Waals surface area contributed by atoms with Gasteiger partial charge in [-0.15, -0.1) is 21.5 Å². The van der Waals surface area contributed by atoms with Gasteiger partial charge in [-0.2, -0.15) is 0 Å². The second-order valence-corrected chi connectivity index (χ2v) is 12.9. The van der Waals surface area contributed by atoms with Crippen molar-refractivity contribution in [3.8, 4) is 0 Å². The van der Waals surface area contributed by atoms with Gasteiger partial charge < -0.3 is 15.5 Å². The van der Waals surface area contributed by atoms with Crippen LogP contribution in [-0.4, -0.2) is 39.7 Å². The predicted octanol–water partition coefficient (Wildman–Crippen LogP) is 5.22. The van der Waals surface area contributed by atoms with Gasteiger partial charge in [-0.25, -0.2) is 0 Å². The summed E-state index contributed by atoms with van der Waals surface area (Å²) in [6.45, 7) is 6.79. The standard InChI is InChI=1S/C30H38N6O2S/c1-19(2)16-35(17-21-6-4-3-5-7-21)30-34-32-18-36(30)23-12-13-25-24(14-23)26(28(38)31-15-20-8-9-20)29(39-25)33-27(37)22-10-11-22/h3-7,18-20,22-23H,8-17H2,1-2H3,(H,31,38)(H,33,37)/t23-/m0/s1. The van der Waals surface area contributed by atoms with E-state index in [-0.39, 0.29) is 23.8 Å². The molecule has 2 aromatic heterocycles. The number of amides is 2. The molecule has 1 atom stereocenters. The second-order valence-electron chi connectivity index (χ2n) is 11.8. The van der Waals surface area contributed by atoms with Crippen LogP contribution in [0.15, 0.2) is 36.7 Å². The topological polar surface area (TPSA) is 92.2 Å². The van der Waals surface area contributed by atoms with E-state index < -0.39 is 0 Å². The number of nitrogens with one attached hydrogen (secondary N) is 2. The molecule has 0 radical (unpaired) electrons. The van der Waals surface area contributed by atoms with Crippen LogP contribution in [0, 0.1) is 17.8 Å². The van der Waals surface area contributed by atoms with Crippen LogP contribution in [0.4, 0.5) is 10.9 Å². The van der Waals surface area contributed by atoms with Gasteiger partial charge in [-0.1, -0.05) is 44.2 Å². The molecule has 9 heteroatoms. The maximum absolute atomic E-state index is 13.5. The summed E-state index contributed by atoms with van der Waals surface area (Å²) in [5.41, 5.74) is 2.99. The molecule has 206 valence electrons. The molecule has 2 saturated carbocycles. The molecule has 39 heavy (non-hydrogen) atoms. The van der Waals surface area contributed by atoms with Gasteiger partial charge in [0.15, 0.2) is 0 Å². The first-order valence-corrected chi connectivity index (χ1v) is 15.2. The summed E-state index contributed by atoms with van der Waals surface area (Å²) in [6.07, 6.45) is 8.62. The summed E-state index contributed by atoms with van der Waals surface area (Å²) >= 11 is 1.59. The van der Waals surface area contributed by atoms with Crippen LogP contribution in [-0.2, 0) is 24.2 Å². The number of carbonyl (C=O) groups excluding carboxylic acids is 2. The lowest BCUT2D eigenvalue weighted by molar-refractivity contribution is -0.117. The molecule has 3 aliphatic rings. The number of hydrogen-bond donors (Lipinski definition) is 2. The van der Waals surface area contributed by atoms with E-state index in [0.29, 0.717) is 23.9 Å². The number of aryl methyl sites for hydroxylation is 1. The Hall–Kier alpha value is -3.20. The smallest absolute Gasteiger partial charge is 0.254 e. The van der Waals surface area contributed by atoms with Gasteiger partial charge in [0.2, 0.25) is 11.9 Å². The Morgan fingerprint density at radius 1 is 1.13 bits per heavy atom. The monoisotopic (exact) mass is 546 g/mol. The Morgan fingerprint density at radius 2 is 1.92 bits per heavy atom. The third-order valence-corrected chi connectivity index (χ3v) is 9.13. The Labute approximate surface area is 234 Å². The van der Waals surface area contributed by atoms with Gasteiger partial charge in [-0.05, 0) is 67.9 Å². The molecular weight excluding hydrogens is 508 g/mol. The van der Waals surface area contributed by atoms with E-state index in [4.69, 9.17) is 0 Å². The van der Waals surface area contributed by atoms with Crippen LogP contribution in [0.2, 0.25) is 0 Å². The zero-order valence-corrected chi connectivity index (χ0v) is 23.7. The van der Waals surface area contributed by atoms with Crippen LogP contribution in [0.3, 0.4) is 0 Å². The summed E-state index contributed by atoms with van der Waals surface area (Å²) in [6, 6.07) is 10.6. The Bertz CT molecular complexity index is 1320. The molecule has 2 heterocycles. The minimum absolute atomic E-state index is 0.0488. The largest absolute Gasteiger partial charge is 0.352 e. The first kappa shape index (κ1) is 26.0. The zero-order valence-electron chi connectivity index (χ0n) is 22.9. The van der Waals surface area contributed by atoms with Crippen molar-refractivity contribution in [2.24, 2.45) is 17.8 Å². The first-order chi connectivity index (χ1) is 19.0. The Balaban J connectivity index is 1.28. The minimum atomic E-state index is -0.0550. The molecule has 2 fully saturated rings. The fourth-order valence-electron chi connectivity index (χ4n) is 5.52. The number of nitrogens with zero attached hydrogens (tertiary/aromatic N) is 4. The molecular formula is C30H38N6O2S. The lowest BCUT2D eigenvalue weighted by Gasteiger charge is -2.30. The van der Waals surface area contributed by atoms with Crippen molar-refractivity contribution >= 4 is 34.1 Å². The van der Waals surface area contributed by atoms with E-state index in [2.05, 4.69) is 68.4 Å². The SMILES string of the molecule is CC(C)CN(Cc1ccccc1)c1nncn1[C@H]1CCc2sc(NC(=O)C3CC3)c(C(=O)NCC3CC3)c2C1. The highest BCUT2D eigenvalue weighted by Gasteiger charge is 2.35. The fourth-order valence-corrected chi connectivity index (χ4v) is 6.76. The van der Waals surface area contributed by atoms with Gasteiger partial charge in [0.05, 0.1) is 5.56 Å². The van der Waals surface area contributed by atoms with E-state index in [1.807, 2.05) is 12.4 Å². The number of hydrogen-bond acceptors (Lipinski definition) is 6. The third kappa shape index (κ3) is 6.03. The van der Waals surface area contributed by atoms with Gasteiger partial charge >= 0.3 is 0 Å². The van der Waals surface area contributed by atoms with Crippen molar-refractivity contribution in [2.75, 3.05) is 23.3 Å². The second kappa shape index (κ2) is 11.1. The minimum Gasteiger partial charge on any atom is -0.352 e. The van der Waals surface area contributed by atoms with Crippen molar-refractivity contribution in [1.29, 1.82) is 0 Å². The fraction of sp³-hybridized carbons (Fsp3) is 0.533. The molecule has 2 N–H and O–H groups in total. The number of thiophene rings is 1. The lowest BCUT2D eigenvalue weighted by Crippen LogP contribution is -2.32. The highest BCUT2D eigenvalue weighted by molar-refractivity contribution is 7.17. The predicted molar refractivity (Wildman–Crippen MR) is 154 cm³/mol. The van der Waals surface area contributed by atoms with Crippen LogP contribution < -0.4 is 15.5 Å². The van der Waals surface area contributed by atoms with Gasteiger partial charge in [0.1, 0.15) is 11.3 Å². The van der Waals surface area contributed by atoms with E-state index in [1.165, 1.54) is 23.3 Å². The van der Waals surface area contributed by atoms with E-state index in [9.17, 15) is 9.59 Å². The molecule has 6 rings (SSSR count). The van der Waals surface area contributed by atoms with E-state index in [0.717, 1.165) is 61.7 Å². The molecule has 0 unspecified atom stereocenters. The van der Waals surface area contributed by atoms with Crippen LogP contribution >= 0.6 is 11.3 Å². The summed E-state index contributed by atoms with van der Waals surface area (Å²) in [5.74, 6) is 2.02. The van der Waals surface area contributed by atoms with E-state index in [1.54, 1.807) is 11.3 Å². The molecule has 8 nitrogen and oxygen atoms in total. The van der Waals surface area contributed by atoms with Crippen molar-refractivity contribution in [2.45, 2.75) is 71.4 Å². The van der Waals surface area contributed by atoms with Gasteiger partial charge in [0.25, 0.3) is 5.91 Å². The van der Waals surface area contributed by atoms with Crippen molar-refractivity contribution in [1.82, 2.24) is 20.1 Å². The molecule has 0 bridgehead atoms. The lowest BCUT2D eigenvalue weighted by atomic mass is 9.91. The molecule has 0 aliphatic heterocycles. The molecule has 1 aromatic carbocycles. The molecule has 0 saturated heterocycles. The van der Waals surface area contributed by atoms with E-state index >= 15 is 0 Å². The van der Waals surface area contributed by atoms with Gasteiger partial charge in [0, 0.05) is 36.5 Å². The number of benzene rings is 1. The maximum Gasteiger partial charge on any atom is 0.254 e. The average Bonchev–Trinajstić information content (AvgIpc) is 3.85. The normalized spacial score (nSPS) is 18.6. The third-order valence-electron chi connectivity index (χ3n) is 7.93. The molecule has 0 spiro atoms. The van der Waals surface area contributed by atoms with Crippen LogP contribution in [0.25, 0.3) is 0 Å². The zero-order chi connectivity index (χ0) is 26.9. The number of aromatic nitrogens is 3. The van der Waals surface area contributed by atoms with Crippen LogP contribution in [0.1, 0.15) is 78.4 Å². The van der Waals surface area contributed by atoms with Crippen molar-refractivity contribution in [3.63, 3.8) is 0 Å². The van der Waals surface area contributed by atoms with Crippen molar-refractivity contribution < 1.29 is 9.59 Å². The first-order valence-electron chi connectivity index (χ1n) is 14.4. The molecule has 3 aliphatic carbocycles. The number of fused-ring (bicyclic) bond motifs is 1. The number of anilines is 2. The Morgan fingerprint density at radius 3 is 2.64 bits per heavy atom. The van der Waals surface area contributed by atoms with Crippen LogP contribution in [0.5, 0.6) is 0 Å². The summed E-state index contributed by atoms with van der Waals surface area (Å²) in [7, 11) is 0. The summed E-state index contributed by atoms with van der Waals surface area (Å²) in [5, 5.41) is 15.9. The van der Waals surface area contributed by atoms with Gasteiger partial charge in [-0.3, -0.25) is 14.2 Å². The average molecular weight is 547 g/mol.